The SMILES string of the molecule is O=C(CC1OCCc2ccccc21)NC1CC(c2ccncc2)NN1. The number of aromatic nitrogens is 1. The third-order valence-electron chi connectivity index (χ3n) is 4.81. The van der Waals surface area contributed by atoms with E-state index < -0.39 is 0 Å². The fraction of sp³-hybridized carbons (Fsp3) is 0.368. The van der Waals surface area contributed by atoms with E-state index in [-0.39, 0.29) is 24.2 Å². The molecule has 0 aliphatic carbocycles. The van der Waals surface area contributed by atoms with E-state index in [1.165, 1.54) is 5.56 Å². The van der Waals surface area contributed by atoms with Crippen molar-refractivity contribution in [2.24, 2.45) is 0 Å². The van der Waals surface area contributed by atoms with Crippen molar-refractivity contribution < 1.29 is 9.53 Å². The first-order valence-electron chi connectivity index (χ1n) is 8.69. The Morgan fingerprint density at radius 2 is 2.04 bits per heavy atom. The van der Waals surface area contributed by atoms with Crippen molar-refractivity contribution >= 4 is 5.91 Å². The summed E-state index contributed by atoms with van der Waals surface area (Å²) in [4.78, 5) is 16.5. The van der Waals surface area contributed by atoms with Gasteiger partial charge in [0.15, 0.2) is 0 Å². The van der Waals surface area contributed by atoms with E-state index in [0.29, 0.717) is 13.0 Å². The monoisotopic (exact) mass is 338 g/mol. The maximum atomic E-state index is 12.5. The van der Waals surface area contributed by atoms with Crippen LogP contribution in [0.2, 0.25) is 0 Å². The number of fused-ring (bicyclic) bond motifs is 1. The van der Waals surface area contributed by atoms with Gasteiger partial charge in [-0.25, -0.2) is 10.9 Å². The maximum absolute atomic E-state index is 12.5. The van der Waals surface area contributed by atoms with Gasteiger partial charge >= 0.3 is 0 Å². The van der Waals surface area contributed by atoms with Crippen molar-refractivity contribution in [2.45, 2.75) is 37.6 Å². The van der Waals surface area contributed by atoms with E-state index >= 15 is 0 Å². The van der Waals surface area contributed by atoms with E-state index in [2.05, 4.69) is 33.3 Å². The van der Waals surface area contributed by atoms with Crippen LogP contribution in [0.4, 0.5) is 0 Å². The molecule has 4 rings (SSSR count). The zero-order valence-corrected chi connectivity index (χ0v) is 13.9. The smallest absolute Gasteiger partial charge is 0.224 e. The highest BCUT2D eigenvalue weighted by Crippen LogP contribution is 2.29. The molecule has 1 saturated heterocycles. The average molecular weight is 338 g/mol. The third kappa shape index (κ3) is 3.71. The van der Waals surface area contributed by atoms with Crippen molar-refractivity contribution in [3.8, 4) is 0 Å². The molecular weight excluding hydrogens is 316 g/mol. The molecule has 25 heavy (non-hydrogen) atoms. The van der Waals surface area contributed by atoms with Crippen LogP contribution in [-0.2, 0) is 16.0 Å². The topological polar surface area (TPSA) is 75.3 Å². The van der Waals surface area contributed by atoms with Gasteiger partial charge in [-0.2, -0.15) is 0 Å². The Labute approximate surface area is 147 Å². The molecule has 0 bridgehead atoms. The molecule has 3 atom stereocenters. The molecule has 1 aromatic carbocycles. The first-order chi connectivity index (χ1) is 12.3. The fourth-order valence-corrected chi connectivity index (χ4v) is 3.53. The van der Waals surface area contributed by atoms with Gasteiger partial charge in [0.05, 0.1) is 25.3 Å². The summed E-state index contributed by atoms with van der Waals surface area (Å²) in [5.74, 6) is -0.00335. The number of carbonyl (C=O) groups excluding carboxylic acids is 1. The number of nitrogens with one attached hydrogen (secondary N) is 3. The number of hydrazine groups is 1. The minimum absolute atomic E-state index is 0.00335. The van der Waals surface area contributed by atoms with Gasteiger partial charge in [0.25, 0.3) is 0 Å². The van der Waals surface area contributed by atoms with Crippen LogP contribution in [0, 0.1) is 0 Å². The van der Waals surface area contributed by atoms with Crippen molar-refractivity contribution in [3.63, 3.8) is 0 Å². The summed E-state index contributed by atoms with van der Waals surface area (Å²) in [7, 11) is 0. The number of benzene rings is 1. The zero-order valence-electron chi connectivity index (χ0n) is 13.9. The summed E-state index contributed by atoms with van der Waals surface area (Å²) in [6.45, 7) is 0.669. The highest BCUT2D eigenvalue weighted by atomic mass is 16.5. The van der Waals surface area contributed by atoms with Crippen molar-refractivity contribution in [1.82, 2.24) is 21.2 Å². The summed E-state index contributed by atoms with van der Waals surface area (Å²) >= 11 is 0. The molecule has 1 fully saturated rings. The first-order valence-corrected chi connectivity index (χ1v) is 8.69. The molecular formula is C19H22N4O2. The van der Waals surface area contributed by atoms with E-state index in [9.17, 15) is 4.79 Å². The molecule has 2 aromatic rings. The Morgan fingerprint density at radius 1 is 1.20 bits per heavy atom. The second-order valence-corrected chi connectivity index (χ2v) is 6.49. The van der Waals surface area contributed by atoms with Gasteiger partial charge in [-0.3, -0.25) is 9.78 Å². The number of ether oxygens (including phenoxy) is 1. The molecule has 0 spiro atoms. The summed E-state index contributed by atoms with van der Waals surface area (Å²) in [5, 5.41) is 3.05. The van der Waals surface area contributed by atoms with Crippen LogP contribution in [0.1, 0.15) is 41.7 Å². The molecule has 2 aliphatic heterocycles. The minimum Gasteiger partial charge on any atom is -0.373 e. The second kappa shape index (κ2) is 7.31. The Kier molecular flexibility index (Phi) is 4.74. The lowest BCUT2D eigenvalue weighted by molar-refractivity contribution is -0.125. The zero-order chi connectivity index (χ0) is 17.1. The van der Waals surface area contributed by atoms with Gasteiger partial charge in [0, 0.05) is 24.9 Å². The number of nitrogens with zero attached hydrogens (tertiary/aromatic N) is 1. The van der Waals surface area contributed by atoms with Crippen LogP contribution in [0.15, 0.2) is 48.8 Å². The molecule has 2 aliphatic rings. The molecule has 6 heteroatoms. The number of amides is 1. The molecule has 3 N–H and O–H groups in total. The van der Waals surface area contributed by atoms with Crippen LogP contribution in [-0.4, -0.2) is 23.7 Å². The Bertz CT molecular complexity index is 737. The molecule has 6 nitrogen and oxygen atoms in total. The first kappa shape index (κ1) is 16.2. The van der Waals surface area contributed by atoms with Crippen molar-refractivity contribution in [1.29, 1.82) is 0 Å². The van der Waals surface area contributed by atoms with E-state index in [0.717, 1.165) is 24.0 Å². The number of hydrogen-bond donors (Lipinski definition) is 3. The third-order valence-corrected chi connectivity index (χ3v) is 4.81. The molecule has 0 radical (unpaired) electrons. The Hall–Kier alpha value is -2.28. The standard InChI is InChI=1S/C19H22N4O2/c24-19(12-17-15-4-2-1-3-13(15)7-10-25-17)21-18-11-16(22-23-18)14-5-8-20-9-6-14/h1-6,8-9,16-18,22-23H,7,10-12H2,(H,21,24). The van der Waals surface area contributed by atoms with Crippen LogP contribution >= 0.6 is 0 Å². The number of pyridine rings is 1. The van der Waals surface area contributed by atoms with Gasteiger partial charge in [-0.15, -0.1) is 0 Å². The predicted octanol–water partition coefficient (Wildman–Crippen LogP) is 1.77. The quantitative estimate of drug-likeness (QED) is 0.792. The lowest BCUT2D eigenvalue weighted by atomic mass is 9.95. The van der Waals surface area contributed by atoms with E-state index in [4.69, 9.17) is 4.74 Å². The Morgan fingerprint density at radius 3 is 2.92 bits per heavy atom. The molecule has 3 heterocycles. The number of rotatable bonds is 4. The highest BCUT2D eigenvalue weighted by Gasteiger charge is 2.28. The summed E-state index contributed by atoms with van der Waals surface area (Å²) in [6, 6.07) is 12.3. The Balaban J connectivity index is 1.33. The molecule has 1 amide bonds. The molecule has 130 valence electrons. The molecule has 3 unspecified atom stereocenters. The summed E-state index contributed by atoms with van der Waals surface area (Å²) < 4.78 is 5.83. The summed E-state index contributed by atoms with van der Waals surface area (Å²) in [5.41, 5.74) is 9.95. The van der Waals surface area contributed by atoms with Gasteiger partial charge in [0.2, 0.25) is 5.91 Å². The second-order valence-electron chi connectivity index (χ2n) is 6.49. The van der Waals surface area contributed by atoms with Crippen molar-refractivity contribution in [2.75, 3.05) is 6.61 Å². The van der Waals surface area contributed by atoms with E-state index in [1.807, 2.05) is 24.3 Å². The predicted molar refractivity (Wildman–Crippen MR) is 93.3 cm³/mol. The largest absolute Gasteiger partial charge is 0.373 e. The van der Waals surface area contributed by atoms with E-state index in [1.54, 1.807) is 12.4 Å². The average Bonchev–Trinajstić information content (AvgIpc) is 3.11. The van der Waals surface area contributed by atoms with Gasteiger partial charge in [0.1, 0.15) is 0 Å². The minimum atomic E-state index is -0.157. The lowest BCUT2D eigenvalue weighted by Crippen LogP contribution is -2.44. The van der Waals surface area contributed by atoms with Gasteiger partial charge in [-0.1, -0.05) is 24.3 Å². The normalized spacial score (nSPS) is 25.4. The number of hydrogen-bond acceptors (Lipinski definition) is 5. The lowest BCUT2D eigenvalue weighted by Gasteiger charge is -2.26. The fourth-order valence-electron chi connectivity index (χ4n) is 3.53. The van der Waals surface area contributed by atoms with Crippen LogP contribution < -0.4 is 16.2 Å². The molecule has 1 aromatic heterocycles. The van der Waals surface area contributed by atoms with Crippen LogP contribution in [0.25, 0.3) is 0 Å². The highest BCUT2D eigenvalue weighted by molar-refractivity contribution is 5.77. The summed E-state index contributed by atoms with van der Waals surface area (Å²) in [6.07, 6.45) is 5.35. The van der Waals surface area contributed by atoms with Gasteiger partial charge in [-0.05, 0) is 35.2 Å². The van der Waals surface area contributed by atoms with Crippen molar-refractivity contribution in [3.05, 3.63) is 65.5 Å². The van der Waals surface area contributed by atoms with Gasteiger partial charge < -0.3 is 10.1 Å². The molecule has 0 saturated carbocycles. The van der Waals surface area contributed by atoms with Crippen LogP contribution in [0.5, 0.6) is 0 Å². The van der Waals surface area contributed by atoms with Crippen LogP contribution in [0.3, 0.4) is 0 Å². The maximum Gasteiger partial charge on any atom is 0.224 e. The number of carbonyl (C=O) groups is 1.